The van der Waals surface area contributed by atoms with E-state index in [9.17, 15) is 13.2 Å². The third kappa shape index (κ3) is 4.03. The molecule has 4 nitrogen and oxygen atoms in total. The number of benzene rings is 1. The Morgan fingerprint density at radius 3 is 2.50 bits per heavy atom. The lowest BCUT2D eigenvalue weighted by Gasteiger charge is -2.14. The minimum absolute atomic E-state index is 0.0129. The summed E-state index contributed by atoms with van der Waals surface area (Å²) >= 11 is 0.885. The zero-order valence-electron chi connectivity index (χ0n) is 12.2. The first-order valence-electron chi connectivity index (χ1n) is 6.44. The molecule has 0 aliphatic rings. The van der Waals surface area contributed by atoms with Gasteiger partial charge in [0, 0.05) is 17.1 Å². The Morgan fingerprint density at radius 2 is 1.95 bits per heavy atom. The van der Waals surface area contributed by atoms with Crippen LogP contribution in [0.15, 0.2) is 23.6 Å². The highest BCUT2D eigenvalue weighted by atomic mass is 32.1. The second kappa shape index (κ2) is 6.43. The Morgan fingerprint density at radius 1 is 1.23 bits per heavy atom. The Balaban J connectivity index is 2.18. The van der Waals surface area contributed by atoms with Crippen LogP contribution in [-0.4, -0.2) is 18.2 Å². The van der Waals surface area contributed by atoms with E-state index in [1.54, 1.807) is 18.2 Å². The number of nitrogens with zero attached hydrogens (tertiary/aromatic N) is 1. The van der Waals surface area contributed by atoms with E-state index < -0.39 is 11.9 Å². The van der Waals surface area contributed by atoms with Gasteiger partial charge in [0.1, 0.15) is 0 Å². The van der Waals surface area contributed by atoms with Crippen LogP contribution >= 0.6 is 11.3 Å². The van der Waals surface area contributed by atoms with Crippen LogP contribution in [-0.2, 0) is 6.18 Å². The number of hydrogen-bond acceptors (Lipinski definition) is 5. The quantitative estimate of drug-likeness (QED) is 0.862. The summed E-state index contributed by atoms with van der Waals surface area (Å²) in [7, 11) is 1.50. The third-order valence-electron chi connectivity index (χ3n) is 2.57. The zero-order valence-corrected chi connectivity index (χ0v) is 13.0. The lowest BCUT2D eigenvalue weighted by Crippen LogP contribution is -2.07. The molecule has 22 heavy (non-hydrogen) atoms. The fraction of sp³-hybridized carbons (Fsp3) is 0.357. The Labute approximate surface area is 129 Å². The molecule has 0 radical (unpaired) electrons. The molecule has 1 N–H and O–H groups in total. The van der Waals surface area contributed by atoms with Crippen LogP contribution in [0.4, 0.5) is 24.0 Å². The molecular weight excluding hydrogens is 317 g/mol. The lowest BCUT2D eigenvalue weighted by atomic mass is 10.2. The maximum atomic E-state index is 12.5. The molecule has 0 atom stereocenters. The van der Waals surface area contributed by atoms with Gasteiger partial charge in [0.15, 0.2) is 22.3 Å². The van der Waals surface area contributed by atoms with Crippen LogP contribution in [0.3, 0.4) is 0 Å². The second-order valence-corrected chi connectivity index (χ2v) is 5.55. The molecule has 0 fully saturated rings. The predicted molar refractivity (Wildman–Crippen MR) is 79.2 cm³/mol. The first-order chi connectivity index (χ1) is 10.3. The highest BCUT2D eigenvalue weighted by molar-refractivity contribution is 7.13. The number of nitrogens with one attached hydrogen (secondary N) is 1. The molecule has 1 aromatic carbocycles. The summed E-state index contributed by atoms with van der Waals surface area (Å²) in [4.78, 5) is 3.51. The summed E-state index contributed by atoms with van der Waals surface area (Å²) in [5.41, 5.74) is -0.345. The number of rotatable bonds is 5. The van der Waals surface area contributed by atoms with Gasteiger partial charge in [-0.2, -0.15) is 13.2 Å². The molecule has 120 valence electrons. The molecule has 2 rings (SSSR count). The molecular formula is C14H15F3N2O2S. The molecule has 8 heteroatoms. The van der Waals surface area contributed by atoms with E-state index in [0.29, 0.717) is 17.2 Å². The van der Waals surface area contributed by atoms with E-state index in [2.05, 4.69) is 10.3 Å². The van der Waals surface area contributed by atoms with E-state index >= 15 is 0 Å². The molecule has 0 unspecified atom stereocenters. The Bertz CT molecular complexity index is 641. The molecule has 0 saturated heterocycles. The molecule has 0 bridgehead atoms. The molecule has 1 heterocycles. The van der Waals surface area contributed by atoms with Crippen molar-refractivity contribution in [2.24, 2.45) is 0 Å². The van der Waals surface area contributed by atoms with Gasteiger partial charge in [0.05, 0.1) is 13.2 Å². The molecule has 0 aliphatic heterocycles. The van der Waals surface area contributed by atoms with Crippen LogP contribution in [0.2, 0.25) is 0 Å². The number of methoxy groups -OCH3 is 1. The van der Waals surface area contributed by atoms with E-state index in [0.717, 1.165) is 16.7 Å². The van der Waals surface area contributed by atoms with Crippen molar-refractivity contribution in [3.63, 3.8) is 0 Å². The number of thiazole rings is 1. The highest BCUT2D eigenvalue weighted by Crippen LogP contribution is 2.35. The van der Waals surface area contributed by atoms with Crippen molar-refractivity contribution in [1.82, 2.24) is 4.98 Å². The highest BCUT2D eigenvalue weighted by Gasteiger charge is 2.33. The minimum Gasteiger partial charge on any atom is -0.493 e. The summed E-state index contributed by atoms with van der Waals surface area (Å²) in [6.45, 7) is 3.78. The number of alkyl halides is 3. The minimum atomic E-state index is -4.44. The summed E-state index contributed by atoms with van der Waals surface area (Å²) in [5.74, 6) is 1.06. The normalized spacial score (nSPS) is 11.6. The summed E-state index contributed by atoms with van der Waals surface area (Å²) in [6, 6.07) is 5.03. The fourth-order valence-corrected chi connectivity index (χ4v) is 2.42. The van der Waals surface area contributed by atoms with Gasteiger partial charge in [0.25, 0.3) is 0 Å². The van der Waals surface area contributed by atoms with Gasteiger partial charge in [0.2, 0.25) is 0 Å². The molecule has 0 saturated carbocycles. The number of halogens is 3. The fourth-order valence-electron chi connectivity index (χ4n) is 1.68. The van der Waals surface area contributed by atoms with Crippen molar-refractivity contribution in [2.75, 3.05) is 12.4 Å². The third-order valence-corrected chi connectivity index (χ3v) is 3.33. The van der Waals surface area contributed by atoms with Crippen molar-refractivity contribution in [3.8, 4) is 11.5 Å². The smallest absolute Gasteiger partial charge is 0.434 e. The van der Waals surface area contributed by atoms with Gasteiger partial charge >= 0.3 is 6.18 Å². The monoisotopic (exact) mass is 332 g/mol. The van der Waals surface area contributed by atoms with Crippen LogP contribution in [0, 0.1) is 0 Å². The first kappa shape index (κ1) is 16.4. The maximum Gasteiger partial charge on any atom is 0.434 e. The first-order valence-corrected chi connectivity index (χ1v) is 7.32. The number of hydrogen-bond donors (Lipinski definition) is 1. The summed E-state index contributed by atoms with van der Waals surface area (Å²) in [6.07, 6.45) is -4.45. The number of anilines is 2. The van der Waals surface area contributed by atoms with E-state index in [1.165, 1.54) is 7.11 Å². The van der Waals surface area contributed by atoms with Crippen LogP contribution in [0.1, 0.15) is 19.5 Å². The van der Waals surface area contributed by atoms with Crippen molar-refractivity contribution in [3.05, 3.63) is 29.3 Å². The molecule has 0 aliphatic carbocycles. The molecule has 0 amide bonds. The second-order valence-electron chi connectivity index (χ2n) is 4.69. The van der Waals surface area contributed by atoms with E-state index in [4.69, 9.17) is 9.47 Å². The van der Waals surface area contributed by atoms with Crippen LogP contribution < -0.4 is 14.8 Å². The molecule has 1 aromatic heterocycles. The molecule has 0 spiro atoms. The van der Waals surface area contributed by atoms with E-state index in [-0.39, 0.29) is 11.2 Å². The summed E-state index contributed by atoms with van der Waals surface area (Å²) in [5, 5.41) is 3.95. The van der Waals surface area contributed by atoms with Gasteiger partial charge < -0.3 is 14.8 Å². The number of aromatic nitrogens is 1. The van der Waals surface area contributed by atoms with Crippen molar-refractivity contribution in [2.45, 2.75) is 26.1 Å². The SMILES string of the molecule is COc1cc(Nc2nc(C(F)(F)F)cs2)ccc1OC(C)C. The van der Waals surface area contributed by atoms with Gasteiger partial charge in [-0.1, -0.05) is 0 Å². The van der Waals surface area contributed by atoms with Crippen LogP contribution in [0.25, 0.3) is 0 Å². The topological polar surface area (TPSA) is 43.4 Å². The Kier molecular flexibility index (Phi) is 4.80. The maximum absolute atomic E-state index is 12.5. The lowest BCUT2D eigenvalue weighted by molar-refractivity contribution is -0.140. The van der Waals surface area contributed by atoms with Gasteiger partial charge in [-0.3, -0.25) is 0 Å². The van der Waals surface area contributed by atoms with Gasteiger partial charge in [-0.15, -0.1) is 11.3 Å². The van der Waals surface area contributed by atoms with Crippen molar-refractivity contribution >= 4 is 22.2 Å². The van der Waals surface area contributed by atoms with Crippen LogP contribution in [0.5, 0.6) is 11.5 Å². The zero-order chi connectivity index (χ0) is 16.3. The van der Waals surface area contributed by atoms with Crippen molar-refractivity contribution in [1.29, 1.82) is 0 Å². The van der Waals surface area contributed by atoms with Crippen molar-refractivity contribution < 1.29 is 22.6 Å². The molecule has 2 aromatic rings. The van der Waals surface area contributed by atoms with Gasteiger partial charge in [-0.25, -0.2) is 4.98 Å². The predicted octanol–water partition coefficient (Wildman–Crippen LogP) is 4.70. The number of ether oxygens (including phenoxy) is 2. The largest absolute Gasteiger partial charge is 0.493 e. The van der Waals surface area contributed by atoms with E-state index in [1.807, 2.05) is 13.8 Å². The average Bonchev–Trinajstić information content (AvgIpc) is 2.88. The standard InChI is InChI=1S/C14H15F3N2O2S/c1-8(2)21-10-5-4-9(6-11(10)20-3)18-13-19-12(7-22-13)14(15,16)17/h4-8H,1-3H3,(H,18,19). The Hall–Kier alpha value is -1.96. The summed E-state index contributed by atoms with van der Waals surface area (Å²) < 4.78 is 48.3. The average molecular weight is 332 g/mol. The van der Waals surface area contributed by atoms with Gasteiger partial charge in [-0.05, 0) is 26.0 Å².